The van der Waals surface area contributed by atoms with Gasteiger partial charge in [-0.3, -0.25) is 4.98 Å². The number of hydrogen-bond acceptors (Lipinski definition) is 4. The minimum atomic E-state index is 0.576. The van der Waals surface area contributed by atoms with E-state index in [0.29, 0.717) is 13.2 Å². The van der Waals surface area contributed by atoms with Crippen molar-refractivity contribution in [3.8, 4) is 22.8 Å². The van der Waals surface area contributed by atoms with Gasteiger partial charge in [-0.05, 0) is 36.4 Å². The minimum Gasteiger partial charge on any atom is -0.486 e. The topological polar surface area (TPSA) is 44.2 Å². The predicted molar refractivity (Wildman–Crippen MR) is 83.7 cm³/mol. The zero-order chi connectivity index (χ0) is 14.2. The van der Waals surface area contributed by atoms with Gasteiger partial charge in [0, 0.05) is 10.0 Å². The van der Waals surface area contributed by atoms with Crippen molar-refractivity contribution in [2.75, 3.05) is 13.2 Å². The first kappa shape index (κ1) is 12.6. The number of benzene rings is 2. The SMILES string of the molecule is Brc1ccc2ncc(-c3ccc4c(c3)OCCO4)nc2c1. The summed E-state index contributed by atoms with van der Waals surface area (Å²) in [6, 6.07) is 11.7. The summed E-state index contributed by atoms with van der Waals surface area (Å²) in [4.78, 5) is 9.12. The molecule has 1 aliphatic rings. The Bertz CT molecular complexity index is 836. The Balaban J connectivity index is 1.82. The van der Waals surface area contributed by atoms with E-state index in [9.17, 15) is 0 Å². The van der Waals surface area contributed by atoms with E-state index < -0.39 is 0 Å². The number of fused-ring (bicyclic) bond motifs is 2. The van der Waals surface area contributed by atoms with Gasteiger partial charge >= 0.3 is 0 Å². The number of rotatable bonds is 1. The van der Waals surface area contributed by atoms with Crippen LogP contribution in [-0.2, 0) is 0 Å². The van der Waals surface area contributed by atoms with Crippen molar-refractivity contribution in [1.29, 1.82) is 0 Å². The highest BCUT2D eigenvalue weighted by Crippen LogP contribution is 2.34. The van der Waals surface area contributed by atoms with Crippen LogP contribution in [0.1, 0.15) is 0 Å². The lowest BCUT2D eigenvalue weighted by molar-refractivity contribution is 0.171. The van der Waals surface area contributed by atoms with Crippen LogP contribution in [-0.4, -0.2) is 23.2 Å². The van der Waals surface area contributed by atoms with Gasteiger partial charge in [0.25, 0.3) is 0 Å². The summed E-state index contributed by atoms with van der Waals surface area (Å²) in [6.07, 6.45) is 1.78. The molecule has 21 heavy (non-hydrogen) atoms. The molecule has 3 aromatic rings. The third-order valence-corrected chi connectivity index (χ3v) is 3.84. The fourth-order valence-electron chi connectivity index (χ4n) is 2.33. The van der Waals surface area contributed by atoms with E-state index in [4.69, 9.17) is 9.47 Å². The minimum absolute atomic E-state index is 0.576. The van der Waals surface area contributed by atoms with Crippen molar-refractivity contribution in [2.45, 2.75) is 0 Å². The Hall–Kier alpha value is -2.14. The van der Waals surface area contributed by atoms with E-state index >= 15 is 0 Å². The molecule has 0 N–H and O–H groups in total. The second-order valence-corrected chi connectivity index (χ2v) is 5.66. The monoisotopic (exact) mass is 342 g/mol. The van der Waals surface area contributed by atoms with Crippen molar-refractivity contribution in [3.05, 3.63) is 47.1 Å². The molecule has 0 atom stereocenters. The van der Waals surface area contributed by atoms with Crippen molar-refractivity contribution in [3.63, 3.8) is 0 Å². The lowest BCUT2D eigenvalue weighted by atomic mass is 10.1. The fourth-order valence-corrected chi connectivity index (χ4v) is 2.68. The first-order valence-electron chi connectivity index (χ1n) is 6.62. The van der Waals surface area contributed by atoms with Gasteiger partial charge < -0.3 is 9.47 Å². The smallest absolute Gasteiger partial charge is 0.162 e. The molecular weight excluding hydrogens is 332 g/mol. The van der Waals surface area contributed by atoms with Crippen LogP contribution in [0.5, 0.6) is 11.5 Å². The first-order valence-corrected chi connectivity index (χ1v) is 7.41. The highest BCUT2D eigenvalue weighted by atomic mass is 79.9. The molecule has 0 saturated carbocycles. The summed E-state index contributed by atoms with van der Waals surface area (Å²) in [5.74, 6) is 1.54. The highest BCUT2D eigenvalue weighted by Gasteiger charge is 2.13. The largest absolute Gasteiger partial charge is 0.486 e. The zero-order valence-corrected chi connectivity index (χ0v) is 12.6. The Labute approximate surface area is 129 Å². The van der Waals surface area contributed by atoms with Gasteiger partial charge in [-0.1, -0.05) is 15.9 Å². The Kier molecular flexibility index (Phi) is 3.00. The van der Waals surface area contributed by atoms with E-state index in [2.05, 4.69) is 25.9 Å². The van der Waals surface area contributed by atoms with Crippen molar-refractivity contribution < 1.29 is 9.47 Å². The van der Waals surface area contributed by atoms with Crippen molar-refractivity contribution in [2.24, 2.45) is 0 Å². The van der Waals surface area contributed by atoms with Crippen LogP contribution in [0, 0.1) is 0 Å². The Morgan fingerprint density at radius 2 is 1.76 bits per heavy atom. The molecule has 2 heterocycles. The number of hydrogen-bond donors (Lipinski definition) is 0. The van der Waals surface area contributed by atoms with Crippen molar-refractivity contribution >= 4 is 27.0 Å². The summed E-state index contributed by atoms with van der Waals surface area (Å²) in [5.41, 5.74) is 3.52. The van der Waals surface area contributed by atoms with Gasteiger partial charge in [0.2, 0.25) is 0 Å². The average molecular weight is 343 g/mol. The molecule has 0 spiro atoms. The van der Waals surface area contributed by atoms with E-state index in [-0.39, 0.29) is 0 Å². The molecule has 0 saturated heterocycles. The van der Waals surface area contributed by atoms with Gasteiger partial charge in [-0.2, -0.15) is 0 Å². The number of halogens is 1. The Morgan fingerprint density at radius 3 is 2.67 bits per heavy atom. The quantitative estimate of drug-likeness (QED) is 0.674. The molecule has 4 nitrogen and oxygen atoms in total. The summed E-state index contributed by atoms with van der Waals surface area (Å²) in [6.45, 7) is 1.17. The second-order valence-electron chi connectivity index (χ2n) is 4.75. The maximum Gasteiger partial charge on any atom is 0.162 e. The van der Waals surface area contributed by atoms with Gasteiger partial charge in [-0.25, -0.2) is 4.98 Å². The third-order valence-electron chi connectivity index (χ3n) is 3.34. The molecule has 104 valence electrons. The molecule has 0 radical (unpaired) electrons. The average Bonchev–Trinajstić information content (AvgIpc) is 2.53. The van der Waals surface area contributed by atoms with Crippen molar-refractivity contribution in [1.82, 2.24) is 9.97 Å². The maximum absolute atomic E-state index is 5.61. The molecule has 0 bridgehead atoms. The van der Waals surface area contributed by atoms with Crippen LogP contribution in [0.15, 0.2) is 47.1 Å². The molecule has 4 rings (SSSR count). The van der Waals surface area contributed by atoms with E-state index in [0.717, 1.165) is 38.3 Å². The zero-order valence-electron chi connectivity index (χ0n) is 11.0. The molecule has 0 fully saturated rings. The Morgan fingerprint density at radius 1 is 0.905 bits per heavy atom. The third kappa shape index (κ3) is 2.34. The van der Waals surface area contributed by atoms with E-state index in [1.165, 1.54) is 0 Å². The van der Waals surface area contributed by atoms with Crippen LogP contribution < -0.4 is 9.47 Å². The molecule has 0 unspecified atom stereocenters. The number of ether oxygens (including phenoxy) is 2. The molecule has 1 aliphatic heterocycles. The highest BCUT2D eigenvalue weighted by molar-refractivity contribution is 9.10. The number of nitrogens with zero attached hydrogens (tertiary/aromatic N) is 2. The lowest BCUT2D eigenvalue weighted by Gasteiger charge is -2.18. The van der Waals surface area contributed by atoms with E-state index in [1.54, 1.807) is 6.20 Å². The van der Waals surface area contributed by atoms with Crippen LogP contribution in [0.25, 0.3) is 22.3 Å². The molecule has 1 aromatic heterocycles. The fraction of sp³-hybridized carbons (Fsp3) is 0.125. The first-order chi connectivity index (χ1) is 10.3. The maximum atomic E-state index is 5.61. The summed E-state index contributed by atoms with van der Waals surface area (Å²) in [5, 5.41) is 0. The summed E-state index contributed by atoms with van der Waals surface area (Å²) in [7, 11) is 0. The molecule has 0 amide bonds. The van der Waals surface area contributed by atoms with Crippen LogP contribution in [0.2, 0.25) is 0 Å². The normalized spacial score (nSPS) is 13.4. The van der Waals surface area contributed by atoms with Gasteiger partial charge in [0.05, 0.1) is 22.9 Å². The second kappa shape index (κ2) is 5.00. The molecular formula is C16H11BrN2O2. The van der Waals surface area contributed by atoms with Crippen LogP contribution in [0.4, 0.5) is 0 Å². The molecule has 5 heteroatoms. The van der Waals surface area contributed by atoms with E-state index in [1.807, 2.05) is 36.4 Å². The number of aromatic nitrogens is 2. The van der Waals surface area contributed by atoms with Gasteiger partial charge in [-0.15, -0.1) is 0 Å². The van der Waals surface area contributed by atoms with Crippen LogP contribution in [0.3, 0.4) is 0 Å². The summed E-state index contributed by atoms with van der Waals surface area (Å²) >= 11 is 3.46. The summed E-state index contributed by atoms with van der Waals surface area (Å²) < 4.78 is 12.1. The lowest BCUT2D eigenvalue weighted by Crippen LogP contribution is -2.15. The molecule has 2 aromatic carbocycles. The van der Waals surface area contributed by atoms with Gasteiger partial charge in [0.15, 0.2) is 11.5 Å². The van der Waals surface area contributed by atoms with Gasteiger partial charge in [0.1, 0.15) is 13.2 Å². The van der Waals surface area contributed by atoms with Crippen LogP contribution >= 0.6 is 15.9 Å². The predicted octanol–water partition coefficient (Wildman–Crippen LogP) is 3.83. The molecule has 0 aliphatic carbocycles. The standard InChI is InChI=1S/C16H11BrN2O2/c17-11-2-3-12-13(8-11)19-14(9-18-12)10-1-4-15-16(7-10)21-6-5-20-15/h1-4,7-9H,5-6H2.